The number of nitrogens with zero attached hydrogens (tertiary/aromatic N) is 1. The summed E-state index contributed by atoms with van der Waals surface area (Å²) >= 11 is 1.59. The molecule has 1 atom stereocenters. The van der Waals surface area contributed by atoms with Gasteiger partial charge in [-0.2, -0.15) is 0 Å². The van der Waals surface area contributed by atoms with Gasteiger partial charge in [-0.3, -0.25) is 14.5 Å². The van der Waals surface area contributed by atoms with Crippen LogP contribution < -0.4 is 15.0 Å². The van der Waals surface area contributed by atoms with Gasteiger partial charge in [-0.25, -0.2) is 0 Å². The number of nitrogens with one attached hydrogen (secondary N) is 1. The van der Waals surface area contributed by atoms with Gasteiger partial charge in [-0.15, -0.1) is 11.8 Å². The molecule has 0 radical (unpaired) electrons. The summed E-state index contributed by atoms with van der Waals surface area (Å²) in [7, 11) is 0. The molecule has 3 aromatic carbocycles. The Bertz CT molecular complexity index is 1060. The van der Waals surface area contributed by atoms with Gasteiger partial charge in [0.25, 0.3) is 5.91 Å². The molecule has 1 N–H and O–H groups in total. The molecule has 6 heteroatoms. The van der Waals surface area contributed by atoms with Gasteiger partial charge in [0.15, 0.2) is 6.61 Å². The van der Waals surface area contributed by atoms with Gasteiger partial charge in [0, 0.05) is 11.4 Å². The highest BCUT2D eigenvalue weighted by Gasteiger charge is 2.34. The summed E-state index contributed by atoms with van der Waals surface area (Å²) in [4.78, 5) is 26.7. The number of hydrogen-bond acceptors (Lipinski definition) is 4. The summed E-state index contributed by atoms with van der Waals surface area (Å²) < 4.78 is 5.50. The predicted octanol–water partition coefficient (Wildman–Crippen LogP) is 4.79. The molecule has 0 aliphatic carbocycles. The van der Waals surface area contributed by atoms with Crippen molar-refractivity contribution in [2.75, 3.05) is 22.6 Å². The lowest BCUT2D eigenvalue weighted by Gasteiger charge is -2.25. The number of rotatable bonds is 6. The van der Waals surface area contributed by atoms with Crippen molar-refractivity contribution in [3.05, 3.63) is 90.0 Å². The second kappa shape index (κ2) is 9.05. The number of aryl methyl sites for hydroxylation is 1. The van der Waals surface area contributed by atoms with Gasteiger partial charge < -0.3 is 10.1 Å². The minimum atomic E-state index is -0.235. The lowest BCUT2D eigenvalue weighted by atomic mass is 10.1. The van der Waals surface area contributed by atoms with Gasteiger partial charge >= 0.3 is 0 Å². The first kappa shape index (κ1) is 20.0. The van der Waals surface area contributed by atoms with Crippen LogP contribution >= 0.6 is 11.8 Å². The molecule has 3 aromatic rings. The van der Waals surface area contributed by atoms with Crippen LogP contribution in [0.5, 0.6) is 5.75 Å². The van der Waals surface area contributed by atoms with Crippen LogP contribution in [0.4, 0.5) is 11.4 Å². The Labute approximate surface area is 180 Å². The van der Waals surface area contributed by atoms with Crippen molar-refractivity contribution in [1.29, 1.82) is 0 Å². The molecule has 0 bridgehead atoms. The fourth-order valence-corrected chi connectivity index (χ4v) is 4.53. The molecule has 1 heterocycles. The van der Waals surface area contributed by atoms with Gasteiger partial charge in [-0.1, -0.05) is 42.5 Å². The first-order valence-electron chi connectivity index (χ1n) is 9.68. The summed E-state index contributed by atoms with van der Waals surface area (Å²) in [6, 6.07) is 24.8. The van der Waals surface area contributed by atoms with E-state index in [0.717, 1.165) is 16.8 Å². The monoisotopic (exact) mass is 418 g/mol. The van der Waals surface area contributed by atoms with Gasteiger partial charge in [0.1, 0.15) is 11.1 Å². The summed E-state index contributed by atoms with van der Waals surface area (Å²) in [5.41, 5.74) is 3.64. The molecular formula is C24H22N2O3S. The number of para-hydroxylation sites is 1. The molecule has 152 valence electrons. The van der Waals surface area contributed by atoms with E-state index in [-0.39, 0.29) is 23.8 Å². The Hall–Kier alpha value is -3.25. The molecule has 2 amide bonds. The molecule has 0 spiro atoms. The number of hydrogen-bond donors (Lipinski definition) is 1. The smallest absolute Gasteiger partial charge is 0.262 e. The highest BCUT2D eigenvalue weighted by molar-refractivity contribution is 8.00. The Morgan fingerprint density at radius 1 is 1.07 bits per heavy atom. The molecule has 1 fully saturated rings. The Balaban J connectivity index is 1.47. The van der Waals surface area contributed by atoms with Crippen molar-refractivity contribution >= 4 is 35.0 Å². The number of ether oxygens (including phenoxy) is 1. The van der Waals surface area contributed by atoms with Crippen LogP contribution in [0, 0.1) is 6.92 Å². The summed E-state index contributed by atoms with van der Waals surface area (Å²) in [6.07, 6.45) is 0. The molecule has 30 heavy (non-hydrogen) atoms. The number of anilines is 2. The van der Waals surface area contributed by atoms with Crippen LogP contribution in [-0.4, -0.2) is 24.2 Å². The summed E-state index contributed by atoms with van der Waals surface area (Å²) in [5, 5.41) is 2.75. The normalized spacial score (nSPS) is 15.8. The maximum Gasteiger partial charge on any atom is 0.262 e. The minimum Gasteiger partial charge on any atom is -0.484 e. The zero-order chi connectivity index (χ0) is 20.9. The second-order valence-electron chi connectivity index (χ2n) is 7.04. The maximum absolute atomic E-state index is 12.6. The summed E-state index contributed by atoms with van der Waals surface area (Å²) in [6.45, 7) is 1.94. The van der Waals surface area contributed by atoms with Gasteiger partial charge in [0.2, 0.25) is 5.91 Å². The van der Waals surface area contributed by atoms with Crippen molar-refractivity contribution in [2.45, 2.75) is 12.3 Å². The highest BCUT2D eigenvalue weighted by atomic mass is 32.2. The number of carbonyl (C=O) groups is 2. The molecule has 0 saturated carbocycles. The number of thioether (sulfide) groups is 1. The third-order valence-electron chi connectivity index (χ3n) is 4.72. The second-order valence-corrected chi connectivity index (χ2v) is 8.11. The standard InChI is InChI=1S/C24H22N2O3S/c1-17-7-5-10-20(13-17)26-23(28)16-30-24(26)18-8-6-9-19(14-18)25-22(27)15-29-21-11-3-2-4-12-21/h2-14,24H,15-16H2,1H3,(H,25,27)/t24-/m1/s1. The lowest BCUT2D eigenvalue weighted by molar-refractivity contribution is -0.118. The minimum absolute atomic E-state index is 0.0691. The van der Waals surface area contributed by atoms with E-state index < -0.39 is 0 Å². The average molecular weight is 419 g/mol. The molecule has 4 rings (SSSR count). The molecule has 1 aliphatic heterocycles. The van der Waals surface area contributed by atoms with Gasteiger partial charge in [-0.05, 0) is 54.4 Å². The van der Waals surface area contributed by atoms with E-state index in [1.165, 1.54) is 0 Å². The lowest BCUT2D eigenvalue weighted by Crippen LogP contribution is -2.28. The van der Waals surface area contributed by atoms with Crippen LogP contribution in [0.15, 0.2) is 78.9 Å². The highest BCUT2D eigenvalue weighted by Crippen LogP contribution is 2.42. The zero-order valence-corrected chi connectivity index (χ0v) is 17.4. The first-order chi connectivity index (χ1) is 14.6. The van der Waals surface area contributed by atoms with Crippen LogP contribution in [0.25, 0.3) is 0 Å². The SMILES string of the molecule is Cc1cccc(N2C(=O)CS[C@@H]2c2cccc(NC(=O)COc3ccccc3)c2)c1. The summed E-state index contributed by atoms with van der Waals surface area (Å²) in [5.74, 6) is 0.930. The Morgan fingerprint density at radius 2 is 1.87 bits per heavy atom. The first-order valence-corrected chi connectivity index (χ1v) is 10.7. The molecular weight excluding hydrogens is 396 g/mol. The average Bonchev–Trinajstić information content (AvgIpc) is 3.15. The van der Waals surface area contributed by atoms with Crippen molar-refractivity contribution in [3.8, 4) is 5.75 Å². The molecule has 0 aromatic heterocycles. The maximum atomic E-state index is 12.6. The topological polar surface area (TPSA) is 58.6 Å². The van der Waals surface area contributed by atoms with Crippen molar-refractivity contribution in [3.63, 3.8) is 0 Å². The Morgan fingerprint density at radius 3 is 2.67 bits per heavy atom. The predicted molar refractivity (Wildman–Crippen MR) is 121 cm³/mol. The van der Waals surface area contributed by atoms with E-state index in [1.807, 2.05) is 90.7 Å². The van der Waals surface area contributed by atoms with Crippen LogP contribution in [-0.2, 0) is 9.59 Å². The van der Waals surface area contributed by atoms with Crippen LogP contribution in [0.2, 0.25) is 0 Å². The quantitative estimate of drug-likeness (QED) is 0.625. The number of amides is 2. The Kier molecular flexibility index (Phi) is 6.05. The van der Waals surface area contributed by atoms with E-state index in [4.69, 9.17) is 4.74 Å². The van der Waals surface area contributed by atoms with Crippen molar-refractivity contribution < 1.29 is 14.3 Å². The number of carbonyl (C=O) groups excluding carboxylic acids is 2. The molecule has 0 unspecified atom stereocenters. The van der Waals surface area contributed by atoms with Crippen LogP contribution in [0.1, 0.15) is 16.5 Å². The van der Waals surface area contributed by atoms with E-state index in [0.29, 0.717) is 17.2 Å². The van der Waals surface area contributed by atoms with Crippen molar-refractivity contribution in [2.24, 2.45) is 0 Å². The van der Waals surface area contributed by atoms with E-state index in [1.54, 1.807) is 11.8 Å². The van der Waals surface area contributed by atoms with Crippen LogP contribution in [0.3, 0.4) is 0 Å². The third-order valence-corrected chi connectivity index (χ3v) is 5.93. The fourth-order valence-electron chi connectivity index (χ4n) is 3.36. The zero-order valence-electron chi connectivity index (χ0n) is 16.6. The van der Waals surface area contributed by atoms with Gasteiger partial charge in [0.05, 0.1) is 5.75 Å². The fraction of sp³-hybridized carbons (Fsp3) is 0.167. The molecule has 1 saturated heterocycles. The van der Waals surface area contributed by atoms with E-state index in [2.05, 4.69) is 5.32 Å². The van der Waals surface area contributed by atoms with E-state index in [9.17, 15) is 9.59 Å². The number of benzene rings is 3. The third kappa shape index (κ3) is 4.66. The van der Waals surface area contributed by atoms with E-state index >= 15 is 0 Å². The molecule has 1 aliphatic rings. The largest absolute Gasteiger partial charge is 0.484 e. The van der Waals surface area contributed by atoms with Crippen molar-refractivity contribution in [1.82, 2.24) is 0 Å². The molecule has 5 nitrogen and oxygen atoms in total.